The molecule has 2 heteroatoms. The smallest absolute Gasteiger partial charge is 0.120 e. The number of hydrogen-bond donors (Lipinski definition) is 1. The van der Waals surface area contributed by atoms with Crippen LogP contribution in [0, 0.1) is 20.8 Å². The standard InChI is InChI=1S/C13H21NO/c1-8-7-12(15)13(10(3)9(8)2)11(4)14(5)6/h7,11,15H,1-6H3. The predicted octanol–water partition coefficient (Wildman–Crippen LogP) is 2.94. The number of benzene rings is 1. The van der Waals surface area contributed by atoms with Crippen LogP contribution in [-0.4, -0.2) is 24.1 Å². The maximum absolute atomic E-state index is 9.99. The van der Waals surface area contributed by atoms with E-state index < -0.39 is 0 Å². The number of nitrogens with zero attached hydrogens (tertiary/aromatic N) is 1. The monoisotopic (exact) mass is 207 g/mol. The Bertz CT molecular complexity index is 369. The highest BCUT2D eigenvalue weighted by Gasteiger charge is 2.17. The highest BCUT2D eigenvalue weighted by atomic mass is 16.3. The summed E-state index contributed by atoms with van der Waals surface area (Å²) < 4.78 is 0. The van der Waals surface area contributed by atoms with Gasteiger partial charge in [0.25, 0.3) is 0 Å². The Labute approximate surface area is 92.5 Å². The molecule has 1 atom stereocenters. The minimum absolute atomic E-state index is 0.240. The summed E-state index contributed by atoms with van der Waals surface area (Å²) in [7, 11) is 4.05. The van der Waals surface area contributed by atoms with Crippen molar-refractivity contribution in [1.29, 1.82) is 0 Å². The average molecular weight is 207 g/mol. The van der Waals surface area contributed by atoms with E-state index in [1.807, 2.05) is 27.1 Å². The van der Waals surface area contributed by atoms with Crippen molar-refractivity contribution in [3.8, 4) is 5.75 Å². The summed E-state index contributed by atoms with van der Waals surface area (Å²) in [6.45, 7) is 8.33. The number of aromatic hydroxyl groups is 1. The van der Waals surface area contributed by atoms with Crippen molar-refractivity contribution in [3.63, 3.8) is 0 Å². The molecule has 84 valence electrons. The zero-order valence-electron chi connectivity index (χ0n) is 10.5. The van der Waals surface area contributed by atoms with Gasteiger partial charge in [0, 0.05) is 11.6 Å². The molecule has 0 saturated heterocycles. The van der Waals surface area contributed by atoms with Crippen molar-refractivity contribution >= 4 is 0 Å². The van der Waals surface area contributed by atoms with Gasteiger partial charge >= 0.3 is 0 Å². The van der Waals surface area contributed by atoms with Crippen LogP contribution < -0.4 is 0 Å². The third-order valence-corrected chi connectivity index (χ3v) is 3.38. The zero-order valence-corrected chi connectivity index (χ0v) is 10.5. The number of aryl methyl sites for hydroxylation is 1. The first-order valence-corrected chi connectivity index (χ1v) is 5.32. The normalized spacial score (nSPS) is 13.3. The quantitative estimate of drug-likeness (QED) is 0.806. The fourth-order valence-electron chi connectivity index (χ4n) is 1.87. The summed E-state index contributed by atoms with van der Waals surface area (Å²) in [5, 5.41) is 9.99. The molecular weight excluding hydrogens is 186 g/mol. The average Bonchev–Trinajstić information content (AvgIpc) is 2.14. The molecule has 2 nitrogen and oxygen atoms in total. The Morgan fingerprint density at radius 2 is 1.67 bits per heavy atom. The number of phenols is 1. The van der Waals surface area contributed by atoms with Crippen LogP contribution in [0.15, 0.2) is 6.07 Å². The van der Waals surface area contributed by atoms with E-state index in [0.29, 0.717) is 5.75 Å². The molecule has 15 heavy (non-hydrogen) atoms. The summed E-state index contributed by atoms with van der Waals surface area (Å²) in [5.41, 5.74) is 4.67. The molecule has 0 radical (unpaired) electrons. The molecule has 0 amide bonds. The summed E-state index contributed by atoms with van der Waals surface area (Å²) in [6.07, 6.45) is 0. The molecule has 0 heterocycles. The third kappa shape index (κ3) is 2.15. The molecular formula is C13H21NO. The van der Waals surface area contributed by atoms with Gasteiger partial charge < -0.3 is 10.0 Å². The van der Waals surface area contributed by atoms with Crippen molar-refractivity contribution < 1.29 is 5.11 Å². The van der Waals surface area contributed by atoms with Crippen molar-refractivity contribution in [2.24, 2.45) is 0 Å². The van der Waals surface area contributed by atoms with Crippen LogP contribution in [0.4, 0.5) is 0 Å². The topological polar surface area (TPSA) is 23.5 Å². The van der Waals surface area contributed by atoms with Crippen molar-refractivity contribution in [2.45, 2.75) is 33.7 Å². The lowest BCUT2D eigenvalue weighted by Crippen LogP contribution is -2.18. The van der Waals surface area contributed by atoms with Crippen LogP contribution in [0.5, 0.6) is 5.75 Å². The summed E-state index contributed by atoms with van der Waals surface area (Å²) in [4.78, 5) is 2.11. The van der Waals surface area contributed by atoms with Crippen LogP contribution in [0.2, 0.25) is 0 Å². The second-order valence-corrected chi connectivity index (χ2v) is 4.52. The van der Waals surface area contributed by atoms with Gasteiger partial charge in [-0.2, -0.15) is 0 Å². The largest absolute Gasteiger partial charge is 0.508 e. The van der Waals surface area contributed by atoms with E-state index >= 15 is 0 Å². The van der Waals surface area contributed by atoms with Crippen LogP contribution in [0.1, 0.15) is 35.2 Å². The lowest BCUT2D eigenvalue weighted by Gasteiger charge is -2.24. The van der Waals surface area contributed by atoms with Crippen molar-refractivity contribution in [3.05, 3.63) is 28.3 Å². The second kappa shape index (κ2) is 4.23. The van der Waals surface area contributed by atoms with Crippen LogP contribution in [-0.2, 0) is 0 Å². The van der Waals surface area contributed by atoms with Gasteiger partial charge in [0.1, 0.15) is 5.75 Å². The van der Waals surface area contributed by atoms with E-state index in [4.69, 9.17) is 0 Å². The lowest BCUT2D eigenvalue weighted by atomic mass is 9.93. The van der Waals surface area contributed by atoms with E-state index in [1.165, 1.54) is 11.1 Å². The third-order valence-electron chi connectivity index (χ3n) is 3.38. The molecule has 0 aliphatic carbocycles. The summed E-state index contributed by atoms with van der Waals surface area (Å²) >= 11 is 0. The summed E-state index contributed by atoms with van der Waals surface area (Å²) in [5.74, 6) is 0.414. The highest BCUT2D eigenvalue weighted by Crippen LogP contribution is 2.33. The molecule has 0 aromatic heterocycles. The number of hydrogen-bond acceptors (Lipinski definition) is 2. The van der Waals surface area contributed by atoms with E-state index in [9.17, 15) is 5.11 Å². The Morgan fingerprint density at radius 1 is 1.13 bits per heavy atom. The Morgan fingerprint density at radius 3 is 2.13 bits per heavy atom. The Kier molecular flexibility index (Phi) is 3.40. The molecule has 1 rings (SSSR count). The van der Waals surface area contributed by atoms with Crippen LogP contribution >= 0.6 is 0 Å². The van der Waals surface area contributed by atoms with Crippen LogP contribution in [0.25, 0.3) is 0 Å². The Hall–Kier alpha value is -1.02. The molecule has 1 N–H and O–H groups in total. The molecule has 1 unspecified atom stereocenters. The van der Waals surface area contributed by atoms with Gasteiger partial charge in [-0.15, -0.1) is 0 Å². The molecule has 0 aliphatic rings. The Balaban J connectivity index is 3.36. The number of phenolic OH excluding ortho intramolecular Hbond substituents is 1. The van der Waals surface area contributed by atoms with E-state index in [0.717, 1.165) is 11.1 Å². The van der Waals surface area contributed by atoms with Gasteiger partial charge in [-0.3, -0.25) is 0 Å². The van der Waals surface area contributed by atoms with Crippen molar-refractivity contribution in [2.75, 3.05) is 14.1 Å². The SMILES string of the molecule is Cc1cc(O)c(C(C)N(C)C)c(C)c1C. The highest BCUT2D eigenvalue weighted by molar-refractivity contribution is 5.48. The van der Waals surface area contributed by atoms with E-state index in [-0.39, 0.29) is 6.04 Å². The van der Waals surface area contributed by atoms with Gasteiger partial charge in [-0.05, 0) is 64.5 Å². The first kappa shape index (κ1) is 12.1. The van der Waals surface area contributed by atoms with Crippen molar-refractivity contribution in [1.82, 2.24) is 4.90 Å². The first-order chi connectivity index (χ1) is 6.86. The summed E-state index contributed by atoms with van der Waals surface area (Å²) in [6, 6.07) is 2.10. The molecule has 0 bridgehead atoms. The number of rotatable bonds is 2. The molecule has 1 aromatic rings. The molecule has 0 spiro atoms. The van der Waals surface area contributed by atoms with Gasteiger partial charge in [-0.25, -0.2) is 0 Å². The maximum Gasteiger partial charge on any atom is 0.120 e. The van der Waals surface area contributed by atoms with E-state index in [1.54, 1.807) is 0 Å². The minimum atomic E-state index is 0.240. The zero-order chi connectivity index (χ0) is 11.7. The fourth-order valence-corrected chi connectivity index (χ4v) is 1.87. The van der Waals surface area contributed by atoms with Gasteiger partial charge in [0.2, 0.25) is 0 Å². The van der Waals surface area contributed by atoms with Crippen LogP contribution in [0.3, 0.4) is 0 Å². The molecule has 0 fully saturated rings. The molecule has 0 aliphatic heterocycles. The van der Waals surface area contributed by atoms with E-state index in [2.05, 4.69) is 25.7 Å². The fraction of sp³-hybridized carbons (Fsp3) is 0.538. The molecule has 1 aromatic carbocycles. The van der Waals surface area contributed by atoms with Gasteiger partial charge in [0.05, 0.1) is 0 Å². The first-order valence-electron chi connectivity index (χ1n) is 5.32. The second-order valence-electron chi connectivity index (χ2n) is 4.52. The minimum Gasteiger partial charge on any atom is -0.508 e. The lowest BCUT2D eigenvalue weighted by molar-refractivity contribution is 0.310. The van der Waals surface area contributed by atoms with Gasteiger partial charge in [-0.1, -0.05) is 0 Å². The maximum atomic E-state index is 9.99. The molecule has 0 saturated carbocycles. The predicted molar refractivity (Wildman–Crippen MR) is 64.4 cm³/mol. The van der Waals surface area contributed by atoms with Gasteiger partial charge in [0.15, 0.2) is 0 Å².